The number of nitrogens with one attached hydrogen (secondary N) is 1. The van der Waals surface area contributed by atoms with Crippen LogP contribution in [0.25, 0.3) is 0 Å². The predicted molar refractivity (Wildman–Crippen MR) is 67.7 cm³/mol. The molecule has 1 heterocycles. The Kier molecular flexibility index (Phi) is 3.97. The van der Waals surface area contributed by atoms with Crippen molar-refractivity contribution in [3.63, 3.8) is 0 Å². The molecule has 1 aliphatic rings. The van der Waals surface area contributed by atoms with Crippen molar-refractivity contribution < 1.29 is 20.2 Å². The zero-order chi connectivity index (χ0) is 14.9. The highest BCUT2D eigenvalue weighted by atomic mass is 16.6. The summed E-state index contributed by atoms with van der Waals surface area (Å²) in [7, 11) is 0. The minimum Gasteiger partial charge on any atom is -0.396 e. The van der Waals surface area contributed by atoms with E-state index in [9.17, 15) is 20.3 Å². The van der Waals surface area contributed by atoms with Crippen molar-refractivity contribution in [2.45, 2.75) is 24.7 Å². The third-order valence-corrected chi connectivity index (χ3v) is 3.39. The van der Waals surface area contributed by atoms with E-state index in [1.165, 1.54) is 0 Å². The van der Waals surface area contributed by atoms with Crippen LogP contribution in [-0.4, -0.2) is 55.1 Å². The lowest BCUT2D eigenvalue weighted by Gasteiger charge is -2.18. The number of nitrogens with zero attached hydrogens (tertiary/aromatic N) is 3. The van der Waals surface area contributed by atoms with Crippen LogP contribution in [0.15, 0.2) is 6.33 Å². The second-order valence-corrected chi connectivity index (χ2v) is 4.62. The molecule has 1 aromatic rings. The van der Waals surface area contributed by atoms with Gasteiger partial charge in [-0.15, -0.1) is 0 Å². The lowest BCUT2D eigenvalue weighted by Crippen LogP contribution is -2.35. The Morgan fingerprint density at radius 3 is 2.70 bits per heavy atom. The summed E-state index contributed by atoms with van der Waals surface area (Å²) in [5, 5.41) is 42.2. The SMILES string of the molecule is Nc1ncnc(N[C@H]2C[C@@H](CO)[C@H](O)[C@@H]2O)c1[N+](=O)[O-]. The molecule has 0 saturated heterocycles. The van der Waals surface area contributed by atoms with Gasteiger partial charge in [-0.25, -0.2) is 9.97 Å². The fourth-order valence-corrected chi connectivity index (χ4v) is 2.30. The van der Waals surface area contributed by atoms with Crippen LogP contribution in [0.5, 0.6) is 0 Å². The van der Waals surface area contributed by atoms with E-state index in [1.54, 1.807) is 0 Å². The number of rotatable bonds is 4. The monoisotopic (exact) mass is 285 g/mol. The molecule has 0 aromatic carbocycles. The first kappa shape index (κ1) is 14.4. The molecule has 6 N–H and O–H groups in total. The Balaban J connectivity index is 2.23. The van der Waals surface area contributed by atoms with Crippen molar-refractivity contribution >= 4 is 17.3 Å². The predicted octanol–water partition coefficient (Wildman–Crippen LogP) is -1.52. The van der Waals surface area contributed by atoms with E-state index in [1.807, 2.05) is 0 Å². The standard InChI is InChI=1S/C10H15N5O5/c11-9-6(15(19)20)10(13-3-12-9)14-5-1-4(2-16)7(17)8(5)18/h3-5,7-8,16-18H,1-2H2,(H3,11,12,13,14)/t4-,5-,7-,8+/m0/s1. The summed E-state index contributed by atoms with van der Waals surface area (Å²) in [4.78, 5) is 17.5. The van der Waals surface area contributed by atoms with Gasteiger partial charge in [-0.3, -0.25) is 10.1 Å². The summed E-state index contributed by atoms with van der Waals surface area (Å²) < 4.78 is 0. The van der Waals surface area contributed by atoms with Crippen LogP contribution in [0.3, 0.4) is 0 Å². The van der Waals surface area contributed by atoms with Crippen molar-refractivity contribution in [1.82, 2.24) is 9.97 Å². The van der Waals surface area contributed by atoms with Crippen LogP contribution in [0, 0.1) is 16.0 Å². The molecule has 0 unspecified atom stereocenters. The molecule has 20 heavy (non-hydrogen) atoms. The van der Waals surface area contributed by atoms with Gasteiger partial charge in [0.2, 0.25) is 11.6 Å². The molecule has 4 atom stereocenters. The van der Waals surface area contributed by atoms with E-state index in [2.05, 4.69) is 15.3 Å². The van der Waals surface area contributed by atoms with Crippen molar-refractivity contribution in [3.05, 3.63) is 16.4 Å². The molecule has 2 rings (SSSR count). The number of nitrogen functional groups attached to an aromatic ring is 1. The summed E-state index contributed by atoms with van der Waals surface area (Å²) in [6.45, 7) is -0.287. The lowest BCUT2D eigenvalue weighted by molar-refractivity contribution is -0.383. The zero-order valence-corrected chi connectivity index (χ0v) is 10.4. The number of anilines is 2. The molecule has 0 aliphatic heterocycles. The highest BCUT2D eigenvalue weighted by Crippen LogP contribution is 2.32. The summed E-state index contributed by atoms with van der Waals surface area (Å²) >= 11 is 0. The van der Waals surface area contributed by atoms with Gasteiger partial charge in [0.15, 0.2) is 0 Å². The van der Waals surface area contributed by atoms with Crippen LogP contribution in [0.2, 0.25) is 0 Å². The summed E-state index contributed by atoms with van der Waals surface area (Å²) in [6.07, 6.45) is -0.954. The molecular formula is C10H15N5O5. The highest BCUT2D eigenvalue weighted by molar-refractivity contribution is 5.67. The molecule has 1 aliphatic carbocycles. The van der Waals surface area contributed by atoms with Crippen LogP contribution in [0.1, 0.15) is 6.42 Å². The summed E-state index contributed by atoms with van der Waals surface area (Å²) in [6, 6.07) is -0.671. The first-order chi connectivity index (χ1) is 9.45. The van der Waals surface area contributed by atoms with Crippen molar-refractivity contribution in [3.8, 4) is 0 Å². The Morgan fingerprint density at radius 1 is 1.45 bits per heavy atom. The highest BCUT2D eigenvalue weighted by Gasteiger charge is 2.42. The quantitative estimate of drug-likeness (QED) is 0.326. The molecule has 110 valence electrons. The maximum Gasteiger partial charge on any atom is 0.352 e. The van der Waals surface area contributed by atoms with Gasteiger partial charge in [0.25, 0.3) is 0 Å². The molecule has 10 heteroatoms. The topological polar surface area (TPSA) is 168 Å². The lowest BCUT2D eigenvalue weighted by atomic mass is 10.1. The van der Waals surface area contributed by atoms with Crippen molar-refractivity contribution in [1.29, 1.82) is 0 Å². The van der Waals surface area contributed by atoms with Gasteiger partial charge >= 0.3 is 5.69 Å². The molecule has 0 radical (unpaired) electrons. The average Bonchev–Trinajstić information content (AvgIpc) is 2.66. The number of nitro groups is 1. The molecule has 1 saturated carbocycles. The maximum atomic E-state index is 10.9. The van der Waals surface area contributed by atoms with Gasteiger partial charge in [0.05, 0.1) is 17.1 Å². The second-order valence-electron chi connectivity index (χ2n) is 4.62. The van der Waals surface area contributed by atoms with Gasteiger partial charge in [0, 0.05) is 12.5 Å². The summed E-state index contributed by atoms with van der Waals surface area (Å²) in [5.41, 5.74) is 4.94. The molecule has 1 aromatic heterocycles. The molecule has 0 spiro atoms. The van der Waals surface area contributed by atoms with Gasteiger partial charge in [-0.05, 0) is 6.42 Å². The zero-order valence-electron chi connectivity index (χ0n) is 10.4. The maximum absolute atomic E-state index is 10.9. The molecule has 0 amide bonds. The average molecular weight is 285 g/mol. The Bertz CT molecular complexity index is 513. The number of aliphatic hydroxyl groups excluding tert-OH is 3. The van der Waals surface area contributed by atoms with Crippen LogP contribution < -0.4 is 11.1 Å². The van der Waals surface area contributed by atoms with E-state index >= 15 is 0 Å². The largest absolute Gasteiger partial charge is 0.396 e. The van der Waals surface area contributed by atoms with E-state index in [0.717, 1.165) is 6.33 Å². The van der Waals surface area contributed by atoms with Crippen LogP contribution in [0.4, 0.5) is 17.3 Å². The fourth-order valence-electron chi connectivity index (χ4n) is 2.30. The molecule has 10 nitrogen and oxygen atoms in total. The van der Waals surface area contributed by atoms with E-state index in [0.29, 0.717) is 0 Å². The van der Waals surface area contributed by atoms with Gasteiger partial charge in [-0.2, -0.15) is 0 Å². The Morgan fingerprint density at radius 2 is 2.15 bits per heavy atom. The number of hydrogen-bond acceptors (Lipinski definition) is 9. The number of aliphatic hydroxyl groups is 3. The van der Waals surface area contributed by atoms with Gasteiger partial charge < -0.3 is 26.4 Å². The number of aromatic nitrogens is 2. The van der Waals surface area contributed by atoms with Crippen LogP contribution in [-0.2, 0) is 0 Å². The normalized spacial score (nSPS) is 29.4. The first-order valence-corrected chi connectivity index (χ1v) is 5.94. The Hall–Kier alpha value is -2.04. The van der Waals surface area contributed by atoms with E-state index in [-0.39, 0.29) is 24.7 Å². The van der Waals surface area contributed by atoms with Crippen LogP contribution >= 0.6 is 0 Å². The smallest absolute Gasteiger partial charge is 0.352 e. The third kappa shape index (κ3) is 2.48. The van der Waals surface area contributed by atoms with E-state index in [4.69, 9.17) is 10.8 Å². The Labute approximate surface area is 113 Å². The minimum atomic E-state index is -1.16. The summed E-state index contributed by atoms with van der Waals surface area (Å²) in [5.74, 6) is -0.919. The second kappa shape index (κ2) is 5.53. The first-order valence-electron chi connectivity index (χ1n) is 5.94. The van der Waals surface area contributed by atoms with E-state index < -0.39 is 34.8 Å². The number of hydrogen-bond donors (Lipinski definition) is 5. The van der Waals surface area contributed by atoms with Gasteiger partial charge in [0.1, 0.15) is 12.4 Å². The molecular weight excluding hydrogens is 270 g/mol. The third-order valence-electron chi connectivity index (χ3n) is 3.39. The molecule has 1 fully saturated rings. The van der Waals surface area contributed by atoms with Gasteiger partial charge in [-0.1, -0.05) is 0 Å². The van der Waals surface area contributed by atoms with Crippen molar-refractivity contribution in [2.75, 3.05) is 17.7 Å². The molecule has 0 bridgehead atoms. The minimum absolute atomic E-state index is 0.127. The van der Waals surface area contributed by atoms with Crippen molar-refractivity contribution in [2.24, 2.45) is 5.92 Å². The fraction of sp³-hybridized carbons (Fsp3) is 0.600. The number of nitrogens with two attached hydrogens (primary N) is 1.